The number of rotatable bonds is 5. The molecule has 1 aromatic heterocycles. The molecule has 0 radical (unpaired) electrons. The van der Waals surface area contributed by atoms with Crippen molar-refractivity contribution in [3.8, 4) is 11.1 Å². The van der Waals surface area contributed by atoms with Crippen LogP contribution in [0.2, 0.25) is 0 Å². The van der Waals surface area contributed by atoms with Gasteiger partial charge in [-0.25, -0.2) is 0 Å². The predicted octanol–water partition coefficient (Wildman–Crippen LogP) is 6.30. The number of hydrogen-bond donors (Lipinski definition) is 2. The van der Waals surface area contributed by atoms with E-state index in [-0.39, 0.29) is 11.3 Å². The molecule has 4 aromatic carbocycles. The summed E-state index contributed by atoms with van der Waals surface area (Å²) in [6, 6.07) is 29.3. The minimum atomic E-state index is -0.579. The topological polar surface area (TPSA) is 79.0 Å². The van der Waals surface area contributed by atoms with Crippen molar-refractivity contribution >= 4 is 28.3 Å². The Bertz CT molecular complexity index is 1670. The van der Waals surface area contributed by atoms with Crippen molar-refractivity contribution < 1.29 is 9.59 Å². The lowest BCUT2D eigenvalue weighted by Gasteiger charge is -2.15. The van der Waals surface area contributed by atoms with Crippen molar-refractivity contribution in [2.75, 3.05) is 5.32 Å². The quantitative estimate of drug-likeness (QED) is 0.295. The molecule has 0 bridgehead atoms. The number of ketones is 1. The number of carbonyl (C=O) groups excluding carboxylic acids is 2. The standard InChI is InChI=1S/C31H24N2O3/c1-19-13-15-25-23(17-19)27(21-9-5-3-6-10-21)28(30(35)32-25)31(36)33-26-16-14-20(2)18-24(26)29(34)22-11-7-4-8-12-22/h3-18H,1-2H3,(H,32,35)(H,33,36). The van der Waals surface area contributed by atoms with E-state index in [9.17, 15) is 14.4 Å². The van der Waals surface area contributed by atoms with Crippen LogP contribution < -0.4 is 10.9 Å². The number of aryl methyl sites for hydroxylation is 2. The van der Waals surface area contributed by atoms with E-state index in [1.807, 2.05) is 74.5 Å². The third-order valence-corrected chi connectivity index (χ3v) is 6.16. The van der Waals surface area contributed by atoms with Gasteiger partial charge in [-0.15, -0.1) is 0 Å². The van der Waals surface area contributed by atoms with E-state index in [2.05, 4.69) is 10.3 Å². The van der Waals surface area contributed by atoms with Crippen molar-refractivity contribution in [2.24, 2.45) is 0 Å². The Kier molecular flexibility index (Phi) is 6.05. The van der Waals surface area contributed by atoms with Crippen LogP contribution in [0.5, 0.6) is 0 Å². The first-order valence-corrected chi connectivity index (χ1v) is 11.7. The van der Waals surface area contributed by atoms with Gasteiger partial charge in [-0.3, -0.25) is 14.4 Å². The fourth-order valence-electron chi connectivity index (χ4n) is 4.41. The van der Waals surface area contributed by atoms with Gasteiger partial charge in [0.2, 0.25) is 0 Å². The molecule has 0 aliphatic carbocycles. The Labute approximate surface area is 208 Å². The number of carbonyl (C=O) groups is 2. The molecular weight excluding hydrogens is 448 g/mol. The first kappa shape index (κ1) is 23.0. The first-order chi connectivity index (χ1) is 17.4. The highest BCUT2D eigenvalue weighted by atomic mass is 16.2. The summed E-state index contributed by atoms with van der Waals surface area (Å²) in [5.41, 5.74) is 4.59. The maximum atomic E-state index is 13.7. The summed E-state index contributed by atoms with van der Waals surface area (Å²) < 4.78 is 0. The molecule has 2 N–H and O–H groups in total. The number of amides is 1. The molecule has 36 heavy (non-hydrogen) atoms. The summed E-state index contributed by atoms with van der Waals surface area (Å²) in [5.74, 6) is -0.787. The third-order valence-electron chi connectivity index (χ3n) is 6.16. The fraction of sp³-hybridized carbons (Fsp3) is 0.0645. The number of benzene rings is 4. The molecule has 0 spiro atoms. The number of aromatic nitrogens is 1. The molecule has 0 saturated heterocycles. The van der Waals surface area contributed by atoms with Crippen LogP contribution in [0.25, 0.3) is 22.0 Å². The summed E-state index contributed by atoms with van der Waals surface area (Å²) in [4.78, 5) is 43.1. The average Bonchev–Trinajstić information content (AvgIpc) is 2.89. The van der Waals surface area contributed by atoms with Crippen LogP contribution in [-0.2, 0) is 0 Å². The summed E-state index contributed by atoms with van der Waals surface area (Å²) in [7, 11) is 0. The van der Waals surface area contributed by atoms with Crippen LogP contribution in [0.3, 0.4) is 0 Å². The number of nitrogens with one attached hydrogen (secondary N) is 2. The molecule has 5 aromatic rings. The van der Waals surface area contributed by atoms with Gasteiger partial charge in [-0.1, -0.05) is 83.9 Å². The van der Waals surface area contributed by atoms with Crippen molar-refractivity contribution in [1.29, 1.82) is 0 Å². The number of pyridine rings is 1. The Hall–Kier alpha value is -4.77. The highest BCUT2D eigenvalue weighted by Crippen LogP contribution is 2.31. The van der Waals surface area contributed by atoms with Crippen LogP contribution >= 0.6 is 0 Å². The lowest BCUT2D eigenvalue weighted by molar-refractivity contribution is 0.102. The summed E-state index contributed by atoms with van der Waals surface area (Å²) in [6.45, 7) is 3.85. The minimum Gasteiger partial charge on any atom is -0.321 e. The van der Waals surface area contributed by atoms with Gasteiger partial charge in [0.15, 0.2) is 5.78 Å². The normalized spacial score (nSPS) is 10.8. The molecule has 5 rings (SSSR count). The van der Waals surface area contributed by atoms with E-state index in [0.29, 0.717) is 27.9 Å². The maximum Gasteiger partial charge on any atom is 0.261 e. The van der Waals surface area contributed by atoms with Crippen molar-refractivity contribution in [2.45, 2.75) is 13.8 Å². The number of fused-ring (bicyclic) bond motifs is 1. The molecule has 0 atom stereocenters. The van der Waals surface area contributed by atoms with Crippen LogP contribution in [-0.4, -0.2) is 16.7 Å². The van der Waals surface area contributed by atoms with Crippen LogP contribution in [0.1, 0.15) is 37.4 Å². The molecule has 0 unspecified atom stereocenters. The predicted molar refractivity (Wildman–Crippen MR) is 144 cm³/mol. The molecule has 0 aliphatic heterocycles. The SMILES string of the molecule is Cc1ccc(NC(=O)c2c(-c3ccccc3)c3cc(C)ccc3[nH]c2=O)c(C(=O)c2ccccc2)c1. The van der Waals surface area contributed by atoms with E-state index in [1.165, 1.54) is 0 Å². The van der Waals surface area contributed by atoms with E-state index in [1.54, 1.807) is 36.4 Å². The second-order valence-electron chi connectivity index (χ2n) is 8.82. The van der Waals surface area contributed by atoms with Gasteiger partial charge in [-0.05, 0) is 43.7 Å². The van der Waals surface area contributed by atoms with Gasteiger partial charge in [-0.2, -0.15) is 0 Å². The van der Waals surface area contributed by atoms with E-state index in [4.69, 9.17) is 0 Å². The molecule has 5 nitrogen and oxygen atoms in total. The van der Waals surface area contributed by atoms with Crippen LogP contribution in [0.15, 0.2) is 102 Å². The smallest absolute Gasteiger partial charge is 0.261 e. The first-order valence-electron chi connectivity index (χ1n) is 11.7. The summed E-state index contributed by atoms with van der Waals surface area (Å²) >= 11 is 0. The lowest BCUT2D eigenvalue weighted by atomic mass is 9.94. The highest BCUT2D eigenvalue weighted by molar-refractivity contribution is 6.18. The van der Waals surface area contributed by atoms with Crippen LogP contribution in [0, 0.1) is 13.8 Å². The fourth-order valence-corrected chi connectivity index (χ4v) is 4.41. The van der Waals surface area contributed by atoms with E-state index in [0.717, 1.165) is 22.1 Å². The van der Waals surface area contributed by atoms with Gasteiger partial charge in [0.25, 0.3) is 11.5 Å². The van der Waals surface area contributed by atoms with Crippen molar-refractivity contribution in [3.05, 3.63) is 135 Å². The molecule has 0 aliphatic rings. The molecule has 1 heterocycles. The molecule has 0 saturated carbocycles. The van der Waals surface area contributed by atoms with E-state index < -0.39 is 11.5 Å². The van der Waals surface area contributed by atoms with E-state index >= 15 is 0 Å². The largest absolute Gasteiger partial charge is 0.321 e. The number of aromatic amines is 1. The zero-order valence-corrected chi connectivity index (χ0v) is 20.0. The second kappa shape index (κ2) is 9.47. The highest BCUT2D eigenvalue weighted by Gasteiger charge is 2.23. The summed E-state index contributed by atoms with van der Waals surface area (Å²) in [6.07, 6.45) is 0. The zero-order chi connectivity index (χ0) is 25.2. The number of anilines is 1. The Balaban J connectivity index is 1.66. The zero-order valence-electron chi connectivity index (χ0n) is 20.0. The summed E-state index contributed by atoms with van der Waals surface area (Å²) in [5, 5.41) is 3.63. The van der Waals surface area contributed by atoms with Gasteiger partial charge in [0.05, 0.1) is 5.69 Å². The molecule has 1 amide bonds. The third kappa shape index (κ3) is 4.34. The molecule has 176 valence electrons. The Morgan fingerprint density at radius 2 is 1.39 bits per heavy atom. The lowest BCUT2D eigenvalue weighted by Crippen LogP contribution is -2.25. The molecular formula is C31H24N2O3. The number of H-pyrrole nitrogens is 1. The van der Waals surface area contributed by atoms with Crippen LogP contribution in [0.4, 0.5) is 5.69 Å². The Morgan fingerprint density at radius 1 is 0.750 bits per heavy atom. The molecule has 0 fully saturated rings. The monoisotopic (exact) mass is 472 g/mol. The van der Waals surface area contributed by atoms with Gasteiger partial charge in [0, 0.05) is 27.6 Å². The average molecular weight is 473 g/mol. The number of hydrogen-bond acceptors (Lipinski definition) is 3. The minimum absolute atomic E-state index is 0.00187. The van der Waals surface area contributed by atoms with Gasteiger partial charge < -0.3 is 10.3 Å². The van der Waals surface area contributed by atoms with Gasteiger partial charge in [0.1, 0.15) is 5.56 Å². The Morgan fingerprint density at radius 3 is 2.11 bits per heavy atom. The molecule has 5 heteroatoms. The second-order valence-corrected chi connectivity index (χ2v) is 8.82. The van der Waals surface area contributed by atoms with Crippen molar-refractivity contribution in [3.63, 3.8) is 0 Å². The van der Waals surface area contributed by atoms with Crippen molar-refractivity contribution in [1.82, 2.24) is 4.98 Å². The van der Waals surface area contributed by atoms with Gasteiger partial charge >= 0.3 is 0 Å². The maximum absolute atomic E-state index is 13.7.